The van der Waals surface area contributed by atoms with E-state index in [9.17, 15) is 0 Å². The first-order chi connectivity index (χ1) is 9.28. The molecule has 0 fully saturated rings. The fourth-order valence-electron chi connectivity index (χ4n) is 2.10. The van der Waals surface area contributed by atoms with Crippen LogP contribution in [0.4, 0.5) is 0 Å². The van der Waals surface area contributed by atoms with Crippen LogP contribution in [0.15, 0.2) is 18.2 Å². The summed E-state index contributed by atoms with van der Waals surface area (Å²) in [5, 5.41) is 3.30. The summed E-state index contributed by atoms with van der Waals surface area (Å²) < 4.78 is 16.4. The van der Waals surface area contributed by atoms with Crippen LogP contribution in [0, 0.1) is 0 Å². The highest BCUT2D eigenvalue weighted by Crippen LogP contribution is 2.35. The van der Waals surface area contributed by atoms with Gasteiger partial charge < -0.3 is 19.5 Å². The van der Waals surface area contributed by atoms with Gasteiger partial charge in [0.25, 0.3) is 0 Å². The van der Waals surface area contributed by atoms with Gasteiger partial charge in [-0.05, 0) is 32.0 Å². The summed E-state index contributed by atoms with van der Waals surface area (Å²) >= 11 is 0. The highest BCUT2D eigenvalue weighted by Gasteiger charge is 2.19. The van der Waals surface area contributed by atoms with Gasteiger partial charge in [-0.3, -0.25) is 0 Å². The van der Waals surface area contributed by atoms with E-state index in [0.29, 0.717) is 0 Å². The Kier molecular flexibility index (Phi) is 7.30. The number of methoxy groups -OCH3 is 2. The largest absolute Gasteiger partial charge is 0.496 e. The summed E-state index contributed by atoms with van der Waals surface area (Å²) in [6, 6.07) is 5.99. The minimum absolute atomic E-state index is 0.156. The summed E-state index contributed by atoms with van der Waals surface area (Å²) in [7, 11) is 5.30. The molecule has 0 heterocycles. The second kappa shape index (κ2) is 8.77. The molecule has 0 bridgehead atoms. The molecular weight excluding hydrogens is 242 g/mol. The number of rotatable bonds is 9. The van der Waals surface area contributed by atoms with Crippen molar-refractivity contribution < 1.29 is 14.2 Å². The average Bonchev–Trinajstić information content (AvgIpc) is 2.47. The topological polar surface area (TPSA) is 39.7 Å². The zero-order valence-electron chi connectivity index (χ0n) is 12.4. The molecule has 1 N–H and O–H groups in total. The van der Waals surface area contributed by atoms with Crippen LogP contribution in [0.1, 0.15) is 31.4 Å². The minimum Gasteiger partial charge on any atom is -0.496 e. The van der Waals surface area contributed by atoms with Gasteiger partial charge in [0.2, 0.25) is 0 Å². The SMILES string of the molecule is CCCOCCC(NC)c1c(OC)cccc1OC. The van der Waals surface area contributed by atoms with E-state index in [4.69, 9.17) is 14.2 Å². The van der Waals surface area contributed by atoms with Crippen LogP contribution in [0.5, 0.6) is 11.5 Å². The van der Waals surface area contributed by atoms with Crippen LogP contribution in [0.25, 0.3) is 0 Å². The summed E-state index contributed by atoms with van der Waals surface area (Å²) in [6.45, 7) is 3.64. The third-order valence-electron chi connectivity index (χ3n) is 3.06. The highest BCUT2D eigenvalue weighted by atomic mass is 16.5. The molecule has 0 aliphatic rings. The maximum Gasteiger partial charge on any atom is 0.127 e. The first kappa shape index (κ1) is 15.8. The first-order valence-electron chi connectivity index (χ1n) is 6.74. The third-order valence-corrected chi connectivity index (χ3v) is 3.06. The minimum atomic E-state index is 0.156. The van der Waals surface area contributed by atoms with E-state index < -0.39 is 0 Å². The Balaban J connectivity index is 2.83. The lowest BCUT2D eigenvalue weighted by Crippen LogP contribution is -2.20. The molecule has 1 aromatic rings. The van der Waals surface area contributed by atoms with Crippen LogP contribution in [0.2, 0.25) is 0 Å². The van der Waals surface area contributed by atoms with E-state index in [2.05, 4.69) is 12.2 Å². The second-order valence-electron chi connectivity index (χ2n) is 4.32. The molecule has 0 spiro atoms. The first-order valence-corrected chi connectivity index (χ1v) is 6.74. The zero-order chi connectivity index (χ0) is 14.1. The van der Waals surface area contributed by atoms with Crippen LogP contribution < -0.4 is 14.8 Å². The summed E-state index contributed by atoms with van der Waals surface area (Å²) in [4.78, 5) is 0. The van der Waals surface area contributed by atoms with Crippen molar-refractivity contribution in [1.82, 2.24) is 5.32 Å². The van der Waals surface area contributed by atoms with Crippen LogP contribution in [-0.4, -0.2) is 34.5 Å². The molecule has 0 saturated carbocycles. The van der Waals surface area contributed by atoms with E-state index in [0.717, 1.165) is 43.1 Å². The molecule has 1 aromatic carbocycles. The highest BCUT2D eigenvalue weighted by molar-refractivity contribution is 5.47. The Morgan fingerprint density at radius 1 is 1.11 bits per heavy atom. The molecule has 1 rings (SSSR count). The maximum atomic E-state index is 5.56. The fourth-order valence-corrected chi connectivity index (χ4v) is 2.10. The number of ether oxygens (including phenoxy) is 3. The van der Waals surface area contributed by atoms with Crippen molar-refractivity contribution in [3.63, 3.8) is 0 Å². The Bertz CT molecular complexity index is 346. The van der Waals surface area contributed by atoms with E-state index in [-0.39, 0.29) is 6.04 Å². The van der Waals surface area contributed by atoms with Gasteiger partial charge in [0.1, 0.15) is 11.5 Å². The van der Waals surface area contributed by atoms with E-state index >= 15 is 0 Å². The van der Waals surface area contributed by atoms with Crippen molar-refractivity contribution in [2.75, 3.05) is 34.5 Å². The van der Waals surface area contributed by atoms with Gasteiger partial charge in [-0.1, -0.05) is 13.0 Å². The van der Waals surface area contributed by atoms with Crippen molar-refractivity contribution in [3.05, 3.63) is 23.8 Å². The molecular formula is C15H25NO3. The summed E-state index contributed by atoms with van der Waals surface area (Å²) in [5.41, 5.74) is 1.05. The molecule has 19 heavy (non-hydrogen) atoms. The molecule has 1 unspecified atom stereocenters. The van der Waals surface area contributed by atoms with Crippen LogP contribution >= 0.6 is 0 Å². The van der Waals surface area contributed by atoms with Crippen molar-refractivity contribution in [2.45, 2.75) is 25.8 Å². The summed E-state index contributed by atoms with van der Waals surface area (Å²) in [5.74, 6) is 1.68. The molecule has 1 atom stereocenters. The predicted molar refractivity (Wildman–Crippen MR) is 77.1 cm³/mol. The Morgan fingerprint density at radius 3 is 2.21 bits per heavy atom. The Morgan fingerprint density at radius 2 is 1.74 bits per heavy atom. The number of nitrogens with one attached hydrogen (secondary N) is 1. The third kappa shape index (κ3) is 4.40. The standard InChI is InChI=1S/C15H25NO3/c1-5-10-19-11-9-12(16-2)15-13(17-3)7-6-8-14(15)18-4/h6-8,12,16H,5,9-11H2,1-4H3. The van der Waals surface area contributed by atoms with Gasteiger partial charge in [0, 0.05) is 19.3 Å². The molecule has 4 nitrogen and oxygen atoms in total. The van der Waals surface area contributed by atoms with E-state index in [1.165, 1.54) is 0 Å². The van der Waals surface area contributed by atoms with Gasteiger partial charge in [-0.25, -0.2) is 0 Å². The van der Waals surface area contributed by atoms with Gasteiger partial charge >= 0.3 is 0 Å². The summed E-state index contributed by atoms with van der Waals surface area (Å²) in [6.07, 6.45) is 1.93. The van der Waals surface area contributed by atoms with E-state index in [1.54, 1.807) is 14.2 Å². The van der Waals surface area contributed by atoms with Crippen molar-refractivity contribution >= 4 is 0 Å². The smallest absolute Gasteiger partial charge is 0.127 e. The van der Waals surface area contributed by atoms with Crippen molar-refractivity contribution in [2.24, 2.45) is 0 Å². The van der Waals surface area contributed by atoms with Gasteiger partial charge in [0.15, 0.2) is 0 Å². The van der Waals surface area contributed by atoms with Crippen molar-refractivity contribution in [3.8, 4) is 11.5 Å². The normalized spacial score (nSPS) is 12.2. The second-order valence-corrected chi connectivity index (χ2v) is 4.32. The van der Waals surface area contributed by atoms with Gasteiger partial charge in [-0.15, -0.1) is 0 Å². The Labute approximate surface area is 116 Å². The zero-order valence-corrected chi connectivity index (χ0v) is 12.4. The lowest BCUT2D eigenvalue weighted by atomic mass is 10.0. The predicted octanol–water partition coefficient (Wildman–Crippen LogP) is 2.78. The lowest BCUT2D eigenvalue weighted by molar-refractivity contribution is 0.125. The van der Waals surface area contributed by atoms with E-state index in [1.807, 2.05) is 25.2 Å². The molecule has 0 aliphatic heterocycles. The molecule has 0 amide bonds. The molecule has 108 valence electrons. The number of benzene rings is 1. The van der Waals surface area contributed by atoms with Gasteiger partial charge in [-0.2, -0.15) is 0 Å². The molecule has 4 heteroatoms. The lowest BCUT2D eigenvalue weighted by Gasteiger charge is -2.21. The van der Waals surface area contributed by atoms with Gasteiger partial charge in [0.05, 0.1) is 19.8 Å². The monoisotopic (exact) mass is 267 g/mol. The molecule has 0 saturated heterocycles. The maximum absolute atomic E-state index is 5.56. The molecule has 0 radical (unpaired) electrons. The van der Waals surface area contributed by atoms with Crippen molar-refractivity contribution in [1.29, 1.82) is 0 Å². The number of hydrogen-bond donors (Lipinski definition) is 1. The fraction of sp³-hybridized carbons (Fsp3) is 0.600. The average molecular weight is 267 g/mol. The quantitative estimate of drug-likeness (QED) is 0.698. The van der Waals surface area contributed by atoms with Crippen LogP contribution in [-0.2, 0) is 4.74 Å². The Hall–Kier alpha value is -1.26. The number of hydrogen-bond acceptors (Lipinski definition) is 4. The van der Waals surface area contributed by atoms with Crippen LogP contribution in [0.3, 0.4) is 0 Å². The molecule has 0 aromatic heterocycles. The molecule has 0 aliphatic carbocycles.